The minimum atomic E-state index is -4.80. The number of alkyl halides is 3. The fourth-order valence-corrected chi connectivity index (χ4v) is 6.07. The fraction of sp³-hybridized carbons (Fsp3) is 0.250. The van der Waals surface area contributed by atoms with Crippen molar-refractivity contribution < 1.29 is 22.8 Å². The molecule has 3 N–H and O–H groups in total. The maximum Gasteiger partial charge on any atom is 0.433 e. The summed E-state index contributed by atoms with van der Waals surface area (Å²) in [6.07, 6.45) is -2.50. The fourth-order valence-electron chi connectivity index (χ4n) is 4.36. The minimum Gasteiger partial charge on any atom is -0.365 e. The van der Waals surface area contributed by atoms with Crippen molar-refractivity contribution in [3.63, 3.8) is 0 Å². The lowest BCUT2D eigenvalue weighted by Crippen LogP contribution is -2.19. The zero-order valence-electron chi connectivity index (χ0n) is 19.1. The number of rotatable bonds is 4. The number of amides is 2. The van der Waals surface area contributed by atoms with Crippen molar-refractivity contribution >= 4 is 57.0 Å². The average molecular weight is 568 g/mol. The lowest BCUT2D eigenvalue weighted by Gasteiger charge is -2.18. The van der Waals surface area contributed by atoms with E-state index in [1.165, 1.54) is 29.5 Å². The van der Waals surface area contributed by atoms with Gasteiger partial charge >= 0.3 is 6.18 Å². The molecule has 0 aliphatic heterocycles. The predicted octanol–water partition coefficient (Wildman–Crippen LogP) is 6.26. The monoisotopic (exact) mass is 567 g/mol. The molecule has 5 rings (SSSR count). The number of nitrogens with one attached hydrogen (secondary N) is 1. The zero-order valence-corrected chi connectivity index (χ0v) is 21.4. The van der Waals surface area contributed by atoms with Crippen molar-refractivity contribution in [1.82, 2.24) is 14.6 Å². The maximum atomic E-state index is 13.9. The molecule has 0 unspecified atom stereocenters. The van der Waals surface area contributed by atoms with Gasteiger partial charge in [0.1, 0.15) is 5.00 Å². The van der Waals surface area contributed by atoms with Crippen molar-refractivity contribution in [2.75, 3.05) is 5.32 Å². The van der Waals surface area contributed by atoms with E-state index in [9.17, 15) is 22.8 Å². The molecule has 3 heterocycles. The number of primary amides is 1. The predicted molar refractivity (Wildman–Crippen MR) is 135 cm³/mol. The number of nitrogens with two attached hydrogens (primary N) is 1. The molecule has 1 aliphatic rings. The molecule has 13 heteroatoms. The Bertz CT molecular complexity index is 1580. The van der Waals surface area contributed by atoms with E-state index in [1.807, 2.05) is 0 Å². The number of carbonyl (C=O) groups excluding carboxylic acids is 2. The van der Waals surface area contributed by atoms with Gasteiger partial charge in [0.2, 0.25) is 0 Å². The number of halogens is 5. The van der Waals surface area contributed by atoms with Crippen LogP contribution in [0.4, 0.5) is 18.2 Å². The van der Waals surface area contributed by atoms with Crippen LogP contribution in [0.5, 0.6) is 0 Å². The van der Waals surface area contributed by atoms with Gasteiger partial charge in [0, 0.05) is 16.5 Å². The van der Waals surface area contributed by atoms with Crippen molar-refractivity contribution in [2.45, 2.75) is 32.4 Å². The van der Waals surface area contributed by atoms with Gasteiger partial charge in [-0.2, -0.15) is 18.3 Å². The summed E-state index contributed by atoms with van der Waals surface area (Å²) in [5, 5.41) is 7.15. The van der Waals surface area contributed by atoms with Crippen molar-refractivity contribution in [3.05, 3.63) is 67.8 Å². The average Bonchev–Trinajstić information content (AvgIpc) is 3.40. The van der Waals surface area contributed by atoms with Crippen LogP contribution >= 0.6 is 34.5 Å². The molecule has 7 nitrogen and oxygen atoms in total. The van der Waals surface area contributed by atoms with Gasteiger partial charge in [0.25, 0.3) is 11.8 Å². The maximum absolute atomic E-state index is 13.9. The Labute approximate surface area is 222 Å². The van der Waals surface area contributed by atoms with E-state index in [-0.39, 0.29) is 37.6 Å². The van der Waals surface area contributed by atoms with Gasteiger partial charge in [-0.25, -0.2) is 9.50 Å². The summed E-state index contributed by atoms with van der Waals surface area (Å²) in [5.41, 5.74) is 5.29. The molecule has 1 atom stereocenters. The highest BCUT2D eigenvalue weighted by molar-refractivity contribution is 7.17. The van der Waals surface area contributed by atoms with Crippen LogP contribution in [-0.4, -0.2) is 26.4 Å². The first-order valence-electron chi connectivity index (χ1n) is 11.1. The number of fused-ring (bicyclic) bond motifs is 2. The topological polar surface area (TPSA) is 102 Å². The molecule has 2 amide bonds. The first kappa shape index (κ1) is 25.5. The molecule has 1 aromatic carbocycles. The second-order valence-corrected chi connectivity index (χ2v) is 10.7. The van der Waals surface area contributed by atoms with Gasteiger partial charge < -0.3 is 11.1 Å². The number of hydrogen-bond acceptors (Lipinski definition) is 5. The molecule has 0 bridgehead atoms. The standard InChI is InChI=1S/C24H18Cl2F3N5O2S/c1-10-2-4-12-17(6-10)37-23(20(12)21(30)35)32-22(36)16-9-19-31-15(11-3-5-13(25)14(26)7-11)8-18(24(27,28)29)34(19)33-16/h3,5,7-10H,2,4,6H2,1H3,(H2,30,35)(H,32,36)/t10-/m0/s1. The highest BCUT2D eigenvalue weighted by Crippen LogP contribution is 2.40. The van der Waals surface area contributed by atoms with E-state index in [0.29, 0.717) is 22.4 Å². The Morgan fingerprint density at radius 1 is 1.19 bits per heavy atom. The van der Waals surface area contributed by atoms with Gasteiger partial charge in [0.15, 0.2) is 17.0 Å². The van der Waals surface area contributed by atoms with Gasteiger partial charge in [-0.15, -0.1) is 11.3 Å². The number of nitrogens with zero attached hydrogens (tertiary/aromatic N) is 3. The molecule has 0 spiro atoms. The third kappa shape index (κ3) is 4.78. The van der Waals surface area contributed by atoms with Gasteiger partial charge in [-0.1, -0.05) is 36.2 Å². The van der Waals surface area contributed by atoms with E-state index in [4.69, 9.17) is 28.9 Å². The third-order valence-corrected chi connectivity index (χ3v) is 8.06. The number of carbonyl (C=O) groups is 2. The first-order valence-corrected chi connectivity index (χ1v) is 12.7. The largest absolute Gasteiger partial charge is 0.433 e. The lowest BCUT2D eigenvalue weighted by molar-refractivity contribution is -0.142. The quantitative estimate of drug-likeness (QED) is 0.304. The van der Waals surface area contributed by atoms with E-state index >= 15 is 0 Å². The number of benzene rings is 1. The summed E-state index contributed by atoms with van der Waals surface area (Å²) in [5.74, 6) is -1.04. The Hall–Kier alpha value is -3.15. The zero-order chi connectivity index (χ0) is 26.6. The molecule has 1 aliphatic carbocycles. The molecule has 0 radical (unpaired) electrons. The van der Waals surface area contributed by atoms with E-state index in [1.54, 1.807) is 0 Å². The van der Waals surface area contributed by atoms with Crippen LogP contribution in [0.3, 0.4) is 0 Å². The van der Waals surface area contributed by atoms with Gasteiger partial charge in [-0.3, -0.25) is 9.59 Å². The summed E-state index contributed by atoms with van der Waals surface area (Å²) in [6.45, 7) is 2.10. The van der Waals surface area contributed by atoms with E-state index < -0.39 is 23.7 Å². The van der Waals surface area contributed by atoms with Gasteiger partial charge in [-0.05, 0) is 48.9 Å². The highest BCUT2D eigenvalue weighted by atomic mass is 35.5. The Morgan fingerprint density at radius 2 is 1.95 bits per heavy atom. The summed E-state index contributed by atoms with van der Waals surface area (Å²) in [7, 11) is 0. The Morgan fingerprint density at radius 3 is 2.62 bits per heavy atom. The minimum absolute atomic E-state index is 0.0266. The Balaban J connectivity index is 1.55. The molecule has 37 heavy (non-hydrogen) atoms. The molecular formula is C24H18Cl2F3N5O2S. The highest BCUT2D eigenvalue weighted by Gasteiger charge is 2.36. The SMILES string of the molecule is C[C@H]1CCc2c(sc(NC(=O)c3cc4nc(-c5ccc(Cl)c(Cl)c5)cc(C(F)(F)F)n4n3)c2C(N)=O)C1. The molecule has 0 saturated heterocycles. The van der Waals surface area contributed by atoms with Crippen LogP contribution in [0.25, 0.3) is 16.9 Å². The summed E-state index contributed by atoms with van der Waals surface area (Å²) < 4.78 is 42.4. The van der Waals surface area contributed by atoms with Crippen LogP contribution in [-0.2, 0) is 19.0 Å². The van der Waals surface area contributed by atoms with Gasteiger partial charge in [0.05, 0.1) is 21.3 Å². The van der Waals surface area contributed by atoms with Crippen molar-refractivity contribution in [2.24, 2.45) is 11.7 Å². The second-order valence-electron chi connectivity index (χ2n) is 8.83. The smallest absolute Gasteiger partial charge is 0.365 e. The number of hydrogen-bond donors (Lipinski definition) is 2. The normalized spacial score (nSPS) is 15.6. The molecule has 0 fully saturated rings. The molecular weight excluding hydrogens is 550 g/mol. The van der Waals surface area contributed by atoms with Crippen molar-refractivity contribution in [1.29, 1.82) is 0 Å². The van der Waals surface area contributed by atoms with Crippen LogP contribution in [0.2, 0.25) is 10.0 Å². The summed E-state index contributed by atoms with van der Waals surface area (Å²) in [4.78, 5) is 30.5. The van der Waals surface area contributed by atoms with Crippen LogP contribution in [0, 0.1) is 5.92 Å². The molecule has 4 aromatic rings. The first-order chi connectivity index (χ1) is 17.4. The number of anilines is 1. The second kappa shape index (κ2) is 9.30. The lowest BCUT2D eigenvalue weighted by atomic mass is 9.88. The van der Waals surface area contributed by atoms with Crippen LogP contribution in [0.1, 0.15) is 50.3 Å². The van der Waals surface area contributed by atoms with E-state index in [2.05, 4.69) is 22.3 Å². The number of aromatic nitrogens is 3. The molecule has 0 saturated carbocycles. The van der Waals surface area contributed by atoms with Crippen LogP contribution < -0.4 is 11.1 Å². The Kier molecular flexibility index (Phi) is 6.41. The molecule has 192 valence electrons. The van der Waals surface area contributed by atoms with Crippen LogP contribution in [0.15, 0.2) is 30.3 Å². The summed E-state index contributed by atoms with van der Waals surface area (Å²) >= 11 is 13.2. The van der Waals surface area contributed by atoms with E-state index in [0.717, 1.165) is 35.4 Å². The molecule has 3 aromatic heterocycles. The summed E-state index contributed by atoms with van der Waals surface area (Å²) in [6, 6.07) is 6.30. The van der Waals surface area contributed by atoms with Crippen molar-refractivity contribution in [3.8, 4) is 11.3 Å². The third-order valence-electron chi connectivity index (χ3n) is 6.15. The number of thiophene rings is 1.